The number of nitrogens with two attached hydrogens (primary N) is 1. The van der Waals surface area contributed by atoms with Crippen LogP contribution in [0.25, 0.3) is 0 Å². The average molecular weight is 241 g/mol. The average Bonchev–Trinajstić information content (AvgIpc) is 2.29. The van der Waals surface area contributed by atoms with Gasteiger partial charge in [-0.1, -0.05) is 24.6 Å². The molecule has 1 aromatic rings. The van der Waals surface area contributed by atoms with Crippen LogP contribution in [-0.2, 0) is 6.42 Å². The molecule has 2 N–H and O–H groups in total. The smallest absolute Gasteiger partial charge is 0.0459 e. The third kappa shape index (κ3) is 3.39. The van der Waals surface area contributed by atoms with E-state index in [1.807, 2.05) is 6.07 Å². The number of rotatable bonds is 6. The first-order chi connectivity index (χ1) is 7.72. The number of hydrogen-bond donors (Lipinski definition) is 1. The standard InChI is InChI=1S/C13H21ClN2/c1-3-9-16(4-2)12-6-5-11(7-8-15)13(14)10-12/h5-6,10H,3-4,7-9,15H2,1-2H3. The molecule has 2 nitrogen and oxygen atoms in total. The molecular formula is C13H21ClN2. The summed E-state index contributed by atoms with van der Waals surface area (Å²) in [7, 11) is 0. The van der Waals surface area contributed by atoms with Crippen molar-refractivity contribution in [3.05, 3.63) is 28.8 Å². The number of halogens is 1. The van der Waals surface area contributed by atoms with Crippen molar-refractivity contribution < 1.29 is 0 Å². The number of hydrogen-bond acceptors (Lipinski definition) is 2. The van der Waals surface area contributed by atoms with E-state index >= 15 is 0 Å². The summed E-state index contributed by atoms with van der Waals surface area (Å²) in [5, 5.41) is 0.831. The molecule has 0 spiro atoms. The zero-order valence-electron chi connectivity index (χ0n) is 10.2. The zero-order chi connectivity index (χ0) is 12.0. The molecule has 0 amide bonds. The summed E-state index contributed by atoms with van der Waals surface area (Å²) in [4.78, 5) is 2.33. The minimum absolute atomic E-state index is 0.644. The third-order valence-corrected chi connectivity index (χ3v) is 3.04. The maximum Gasteiger partial charge on any atom is 0.0459 e. The summed E-state index contributed by atoms with van der Waals surface area (Å²) in [6, 6.07) is 6.27. The highest BCUT2D eigenvalue weighted by atomic mass is 35.5. The van der Waals surface area contributed by atoms with Crippen LogP contribution in [-0.4, -0.2) is 19.6 Å². The Morgan fingerprint density at radius 1 is 1.31 bits per heavy atom. The highest BCUT2D eigenvalue weighted by Crippen LogP contribution is 2.24. The molecule has 16 heavy (non-hydrogen) atoms. The largest absolute Gasteiger partial charge is 0.372 e. The molecule has 0 saturated heterocycles. The maximum absolute atomic E-state index is 6.23. The van der Waals surface area contributed by atoms with Crippen LogP contribution in [0.1, 0.15) is 25.8 Å². The van der Waals surface area contributed by atoms with Crippen molar-refractivity contribution in [2.24, 2.45) is 5.73 Å². The summed E-state index contributed by atoms with van der Waals surface area (Å²) in [6.45, 7) is 7.08. The van der Waals surface area contributed by atoms with E-state index in [1.54, 1.807) is 0 Å². The van der Waals surface area contributed by atoms with E-state index in [9.17, 15) is 0 Å². The summed E-state index contributed by atoms with van der Waals surface area (Å²) in [5.74, 6) is 0. The van der Waals surface area contributed by atoms with Gasteiger partial charge < -0.3 is 10.6 Å². The van der Waals surface area contributed by atoms with E-state index in [2.05, 4.69) is 30.9 Å². The third-order valence-electron chi connectivity index (χ3n) is 2.69. The van der Waals surface area contributed by atoms with Gasteiger partial charge >= 0.3 is 0 Å². The van der Waals surface area contributed by atoms with Gasteiger partial charge in [-0.15, -0.1) is 0 Å². The van der Waals surface area contributed by atoms with Crippen molar-refractivity contribution in [3.8, 4) is 0 Å². The normalized spacial score (nSPS) is 10.5. The molecule has 0 aromatic heterocycles. The molecule has 0 fully saturated rings. The van der Waals surface area contributed by atoms with Crippen LogP contribution in [0.15, 0.2) is 18.2 Å². The number of nitrogens with zero attached hydrogens (tertiary/aromatic N) is 1. The van der Waals surface area contributed by atoms with Gasteiger partial charge in [0.05, 0.1) is 0 Å². The molecule has 0 aliphatic rings. The second-order valence-electron chi connectivity index (χ2n) is 3.89. The van der Waals surface area contributed by atoms with Crippen LogP contribution in [0.5, 0.6) is 0 Å². The van der Waals surface area contributed by atoms with E-state index in [0.717, 1.165) is 36.5 Å². The van der Waals surface area contributed by atoms with Gasteiger partial charge in [-0.2, -0.15) is 0 Å². The molecule has 0 heterocycles. The quantitative estimate of drug-likeness (QED) is 0.828. The molecule has 0 radical (unpaired) electrons. The SMILES string of the molecule is CCCN(CC)c1ccc(CCN)c(Cl)c1. The van der Waals surface area contributed by atoms with Crippen LogP contribution < -0.4 is 10.6 Å². The summed E-state index contributed by atoms with van der Waals surface area (Å²) in [6.07, 6.45) is 2.00. The van der Waals surface area contributed by atoms with Crippen LogP contribution in [0.3, 0.4) is 0 Å². The van der Waals surface area contributed by atoms with Crippen molar-refractivity contribution in [2.45, 2.75) is 26.7 Å². The van der Waals surface area contributed by atoms with Crippen LogP contribution >= 0.6 is 11.6 Å². The predicted octanol–water partition coefficient (Wildman–Crippen LogP) is 3.08. The lowest BCUT2D eigenvalue weighted by Crippen LogP contribution is -2.23. The molecule has 0 aliphatic heterocycles. The lowest BCUT2D eigenvalue weighted by molar-refractivity contribution is 0.791. The van der Waals surface area contributed by atoms with Gasteiger partial charge in [-0.3, -0.25) is 0 Å². The summed E-state index contributed by atoms with van der Waals surface area (Å²) >= 11 is 6.23. The fraction of sp³-hybridized carbons (Fsp3) is 0.538. The highest BCUT2D eigenvalue weighted by Gasteiger charge is 2.06. The zero-order valence-corrected chi connectivity index (χ0v) is 10.9. The van der Waals surface area contributed by atoms with Crippen LogP contribution in [0.2, 0.25) is 5.02 Å². The Bertz CT molecular complexity index is 326. The monoisotopic (exact) mass is 240 g/mol. The van der Waals surface area contributed by atoms with Crippen molar-refractivity contribution in [2.75, 3.05) is 24.5 Å². The van der Waals surface area contributed by atoms with Crippen molar-refractivity contribution in [1.82, 2.24) is 0 Å². The highest BCUT2D eigenvalue weighted by molar-refractivity contribution is 6.31. The second-order valence-corrected chi connectivity index (χ2v) is 4.30. The number of benzene rings is 1. The predicted molar refractivity (Wildman–Crippen MR) is 72.4 cm³/mol. The van der Waals surface area contributed by atoms with Crippen LogP contribution in [0.4, 0.5) is 5.69 Å². The Morgan fingerprint density at radius 2 is 2.06 bits per heavy atom. The first-order valence-electron chi connectivity index (χ1n) is 5.96. The summed E-state index contributed by atoms with van der Waals surface area (Å²) < 4.78 is 0. The fourth-order valence-corrected chi connectivity index (χ4v) is 2.10. The Morgan fingerprint density at radius 3 is 2.56 bits per heavy atom. The van der Waals surface area contributed by atoms with Gasteiger partial charge in [-0.05, 0) is 44.0 Å². The topological polar surface area (TPSA) is 29.3 Å². The van der Waals surface area contributed by atoms with E-state index in [1.165, 1.54) is 5.69 Å². The summed E-state index contributed by atoms with van der Waals surface area (Å²) in [5.41, 5.74) is 7.88. The van der Waals surface area contributed by atoms with Gasteiger partial charge in [0.25, 0.3) is 0 Å². The Hall–Kier alpha value is -0.730. The second kappa shape index (κ2) is 6.77. The van der Waals surface area contributed by atoms with E-state index in [-0.39, 0.29) is 0 Å². The van der Waals surface area contributed by atoms with Crippen molar-refractivity contribution in [1.29, 1.82) is 0 Å². The van der Waals surface area contributed by atoms with Crippen molar-refractivity contribution >= 4 is 17.3 Å². The van der Waals surface area contributed by atoms with Crippen molar-refractivity contribution in [3.63, 3.8) is 0 Å². The van der Waals surface area contributed by atoms with E-state index < -0.39 is 0 Å². The molecule has 0 saturated carbocycles. The van der Waals surface area contributed by atoms with Gasteiger partial charge in [-0.25, -0.2) is 0 Å². The molecule has 0 atom stereocenters. The molecule has 0 bridgehead atoms. The Balaban J connectivity index is 2.85. The Kier molecular flexibility index (Phi) is 5.64. The van der Waals surface area contributed by atoms with Gasteiger partial charge in [0, 0.05) is 23.8 Å². The van der Waals surface area contributed by atoms with Gasteiger partial charge in [0.2, 0.25) is 0 Å². The minimum atomic E-state index is 0.644. The first kappa shape index (κ1) is 13.3. The molecule has 1 aromatic carbocycles. The Labute approximate surface area is 103 Å². The molecule has 0 aliphatic carbocycles. The molecule has 90 valence electrons. The van der Waals surface area contributed by atoms with Crippen LogP contribution in [0, 0.1) is 0 Å². The van der Waals surface area contributed by atoms with E-state index in [0.29, 0.717) is 6.54 Å². The lowest BCUT2D eigenvalue weighted by Gasteiger charge is -2.23. The molecule has 3 heteroatoms. The molecular weight excluding hydrogens is 220 g/mol. The fourth-order valence-electron chi connectivity index (χ4n) is 1.83. The minimum Gasteiger partial charge on any atom is -0.372 e. The van der Waals surface area contributed by atoms with Gasteiger partial charge in [0.1, 0.15) is 0 Å². The molecule has 1 rings (SSSR count). The van der Waals surface area contributed by atoms with E-state index in [4.69, 9.17) is 17.3 Å². The molecule has 0 unspecified atom stereocenters. The van der Waals surface area contributed by atoms with Gasteiger partial charge in [0.15, 0.2) is 0 Å². The maximum atomic E-state index is 6.23. The first-order valence-corrected chi connectivity index (χ1v) is 6.34. The number of anilines is 1. The lowest BCUT2D eigenvalue weighted by atomic mass is 10.1.